The predicted molar refractivity (Wildman–Crippen MR) is 209 cm³/mol. The SMILES string of the molecule is CN(CCNC[C@H](O)c1ccc(O)c2[nH]c(=O)ccc12)C(=O)CCOCCc1cccc(CN2CCC3(CC2)CN(c2cc(C4CC4)ccn2)CCO3)c1. The number of anilines is 1. The number of likely N-dealkylation sites (tertiary alicyclic amines) is 1. The summed E-state index contributed by atoms with van der Waals surface area (Å²) in [5, 5.41) is 24.6. The highest BCUT2D eigenvalue weighted by molar-refractivity contribution is 5.87. The minimum Gasteiger partial charge on any atom is -0.506 e. The Morgan fingerprint density at radius 1 is 1.09 bits per heavy atom. The van der Waals surface area contributed by atoms with Crippen LogP contribution in [-0.2, 0) is 27.2 Å². The van der Waals surface area contributed by atoms with Gasteiger partial charge in [-0.1, -0.05) is 30.3 Å². The molecule has 1 aliphatic carbocycles. The van der Waals surface area contributed by atoms with Gasteiger partial charge in [-0.3, -0.25) is 14.5 Å². The number of hydrogen-bond donors (Lipinski definition) is 4. The lowest BCUT2D eigenvalue weighted by Gasteiger charge is -2.47. The lowest BCUT2D eigenvalue weighted by molar-refractivity contribution is -0.131. The van der Waals surface area contributed by atoms with Crippen LogP contribution in [0.3, 0.4) is 0 Å². The number of aliphatic hydroxyl groups excluding tert-OH is 1. The molecule has 2 aliphatic heterocycles. The Bertz CT molecular complexity index is 1940. The van der Waals surface area contributed by atoms with Crippen LogP contribution in [0.5, 0.6) is 5.75 Å². The summed E-state index contributed by atoms with van der Waals surface area (Å²) in [4.78, 5) is 38.3. The number of carbonyl (C=O) groups excluding carboxylic acids is 1. The van der Waals surface area contributed by atoms with E-state index in [0.717, 1.165) is 70.3 Å². The average Bonchev–Trinajstić information content (AvgIpc) is 4.04. The molecule has 1 atom stereocenters. The van der Waals surface area contributed by atoms with Gasteiger partial charge >= 0.3 is 0 Å². The summed E-state index contributed by atoms with van der Waals surface area (Å²) < 4.78 is 12.3. The van der Waals surface area contributed by atoms with Crippen molar-refractivity contribution >= 4 is 22.6 Å². The number of nitrogens with zero attached hydrogens (tertiary/aromatic N) is 4. The van der Waals surface area contributed by atoms with Gasteiger partial charge in [-0.2, -0.15) is 0 Å². The van der Waals surface area contributed by atoms with Crippen LogP contribution in [0.2, 0.25) is 0 Å². The fraction of sp³-hybridized carbons (Fsp3) is 0.500. The molecular formula is C42H54N6O6. The van der Waals surface area contributed by atoms with E-state index >= 15 is 0 Å². The number of nitrogens with one attached hydrogen (secondary N) is 2. The van der Waals surface area contributed by atoms with Gasteiger partial charge in [-0.25, -0.2) is 4.98 Å². The molecule has 4 heterocycles. The van der Waals surface area contributed by atoms with Crippen molar-refractivity contribution < 1.29 is 24.5 Å². The van der Waals surface area contributed by atoms with Crippen LogP contribution in [0.25, 0.3) is 10.9 Å². The van der Waals surface area contributed by atoms with Crippen LogP contribution in [0.1, 0.15) is 66.4 Å². The van der Waals surface area contributed by atoms with Crippen molar-refractivity contribution in [3.05, 3.63) is 99.5 Å². The number of hydrogen-bond acceptors (Lipinski definition) is 10. The molecule has 2 aromatic heterocycles. The third kappa shape index (κ3) is 9.66. The second-order valence-electron chi connectivity index (χ2n) is 15.2. The van der Waals surface area contributed by atoms with E-state index in [4.69, 9.17) is 14.5 Å². The number of pyridine rings is 2. The van der Waals surface area contributed by atoms with E-state index in [1.54, 1.807) is 24.1 Å². The molecule has 2 aromatic carbocycles. The van der Waals surface area contributed by atoms with Gasteiger partial charge in [0.25, 0.3) is 0 Å². The average molecular weight is 739 g/mol. The summed E-state index contributed by atoms with van der Waals surface area (Å²) >= 11 is 0. The molecule has 3 aliphatic rings. The molecule has 0 radical (unpaired) electrons. The molecule has 0 bridgehead atoms. The van der Waals surface area contributed by atoms with Gasteiger partial charge in [0, 0.05) is 77.1 Å². The zero-order chi connectivity index (χ0) is 37.5. The Labute approximate surface area is 317 Å². The van der Waals surface area contributed by atoms with Crippen molar-refractivity contribution in [1.82, 2.24) is 25.1 Å². The summed E-state index contributed by atoms with van der Waals surface area (Å²) in [6, 6.07) is 19.3. The van der Waals surface area contributed by atoms with E-state index in [2.05, 4.69) is 56.5 Å². The lowest BCUT2D eigenvalue weighted by Crippen LogP contribution is -2.57. The molecule has 1 spiro atoms. The highest BCUT2D eigenvalue weighted by Crippen LogP contribution is 2.41. The second kappa shape index (κ2) is 17.4. The molecule has 1 amide bonds. The van der Waals surface area contributed by atoms with E-state index in [1.807, 2.05) is 6.20 Å². The van der Waals surface area contributed by atoms with Crippen LogP contribution in [0.4, 0.5) is 5.82 Å². The highest BCUT2D eigenvalue weighted by Gasteiger charge is 2.40. The maximum atomic E-state index is 12.7. The van der Waals surface area contributed by atoms with Crippen LogP contribution >= 0.6 is 0 Å². The number of aromatic nitrogens is 2. The van der Waals surface area contributed by atoms with E-state index < -0.39 is 6.10 Å². The van der Waals surface area contributed by atoms with Crippen molar-refractivity contribution in [1.29, 1.82) is 0 Å². The number of likely N-dealkylation sites (N-methyl/N-ethyl adjacent to an activating group) is 1. The number of H-pyrrole nitrogens is 1. The van der Waals surface area contributed by atoms with E-state index in [-0.39, 0.29) is 29.4 Å². The number of aromatic amines is 1. The Kier molecular flexibility index (Phi) is 12.3. The molecule has 7 rings (SSSR count). The molecule has 1 saturated carbocycles. The molecular weight excluding hydrogens is 684 g/mol. The first-order valence-electron chi connectivity index (χ1n) is 19.5. The molecule has 12 heteroatoms. The van der Waals surface area contributed by atoms with Gasteiger partial charge < -0.3 is 39.8 Å². The minimum absolute atomic E-state index is 0.00178. The van der Waals surface area contributed by atoms with Crippen LogP contribution in [-0.4, -0.2) is 114 Å². The number of carbonyl (C=O) groups is 1. The van der Waals surface area contributed by atoms with Crippen LogP contribution < -0.4 is 15.8 Å². The summed E-state index contributed by atoms with van der Waals surface area (Å²) in [7, 11) is 1.76. The molecule has 4 aromatic rings. The Hall–Kier alpha value is -4.33. The maximum Gasteiger partial charge on any atom is 0.248 e. The first-order chi connectivity index (χ1) is 26.2. The number of ether oxygens (including phenoxy) is 2. The number of morpholine rings is 1. The number of phenols is 1. The van der Waals surface area contributed by atoms with Gasteiger partial charge in [-0.15, -0.1) is 0 Å². The summed E-state index contributed by atoms with van der Waals surface area (Å²) in [5.41, 5.74) is 4.45. The molecule has 3 fully saturated rings. The molecule has 2 saturated heterocycles. The van der Waals surface area contributed by atoms with E-state index in [9.17, 15) is 19.8 Å². The Morgan fingerprint density at radius 3 is 2.76 bits per heavy atom. The number of fused-ring (bicyclic) bond motifs is 1. The maximum absolute atomic E-state index is 12.7. The lowest BCUT2D eigenvalue weighted by atomic mass is 9.89. The number of aliphatic hydroxyl groups is 1. The smallest absolute Gasteiger partial charge is 0.248 e. The third-order valence-corrected chi connectivity index (χ3v) is 11.2. The first-order valence-corrected chi connectivity index (χ1v) is 19.5. The Morgan fingerprint density at radius 2 is 1.93 bits per heavy atom. The number of rotatable bonds is 16. The van der Waals surface area contributed by atoms with Gasteiger partial charge in [0.15, 0.2) is 0 Å². The van der Waals surface area contributed by atoms with Crippen LogP contribution in [0.15, 0.2) is 71.7 Å². The normalized spacial score (nSPS) is 17.9. The highest BCUT2D eigenvalue weighted by atomic mass is 16.5. The molecule has 4 N–H and O–H groups in total. The van der Waals surface area contributed by atoms with Crippen molar-refractivity contribution in [3.63, 3.8) is 0 Å². The number of benzene rings is 2. The summed E-state index contributed by atoms with van der Waals surface area (Å²) in [6.07, 6.45) is 6.87. The topological polar surface area (TPSA) is 143 Å². The zero-order valence-electron chi connectivity index (χ0n) is 31.3. The standard InChI is InChI=1S/C42H54N6O6/c1-46(20-17-43-27-37(50)34-7-9-36(49)41-35(34)8-10-39(51)45-41)40(52)13-23-53-22-12-30-3-2-4-31(25-30)28-47-18-14-42(15-19-47)29-48(21-24-54-42)38-26-33(11-16-44-38)32-5-6-32/h2-4,7-11,16,25-26,32,37,43,49-50H,5-6,12-15,17-24,27-29H2,1H3,(H,45,51)/t37-/m0/s1. The monoisotopic (exact) mass is 738 g/mol. The van der Waals surface area contributed by atoms with Crippen molar-refractivity contribution in [2.45, 2.75) is 62.7 Å². The number of piperidine rings is 1. The second-order valence-corrected chi connectivity index (χ2v) is 15.2. The van der Waals surface area contributed by atoms with Crippen LogP contribution in [0, 0.1) is 0 Å². The predicted octanol–water partition coefficient (Wildman–Crippen LogP) is 4.11. The van der Waals surface area contributed by atoms with E-state index in [1.165, 1.54) is 41.7 Å². The van der Waals surface area contributed by atoms with Crippen molar-refractivity contribution in [2.75, 3.05) is 77.6 Å². The first kappa shape index (κ1) is 38.0. The minimum atomic E-state index is -0.853. The van der Waals surface area contributed by atoms with Crippen molar-refractivity contribution in [3.8, 4) is 5.75 Å². The van der Waals surface area contributed by atoms with Gasteiger partial charge in [0.1, 0.15) is 11.6 Å². The van der Waals surface area contributed by atoms with Crippen molar-refractivity contribution in [2.24, 2.45) is 0 Å². The molecule has 0 unspecified atom stereocenters. The van der Waals surface area contributed by atoms with Gasteiger partial charge in [-0.05, 0) is 84.5 Å². The number of phenolic OH excluding ortho intramolecular Hbond substituents is 1. The fourth-order valence-corrected chi connectivity index (χ4v) is 7.79. The Balaban J connectivity index is 0.772. The zero-order valence-corrected chi connectivity index (χ0v) is 31.3. The molecule has 12 nitrogen and oxygen atoms in total. The third-order valence-electron chi connectivity index (χ3n) is 11.2. The summed E-state index contributed by atoms with van der Waals surface area (Å²) in [6.45, 7) is 7.67. The molecule has 288 valence electrons. The van der Waals surface area contributed by atoms with Gasteiger partial charge in [0.2, 0.25) is 11.5 Å². The number of amides is 1. The largest absolute Gasteiger partial charge is 0.506 e. The summed E-state index contributed by atoms with van der Waals surface area (Å²) in [5.74, 6) is 1.79. The van der Waals surface area contributed by atoms with Gasteiger partial charge in [0.05, 0.1) is 43.5 Å². The fourth-order valence-electron chi connectivity index (χ4n) is 7.79. The number of aromatic hydroxyl groups is 1. The molecule has 54 heavy (non-hydrogen) atoms. The van der Waals surface area contributed by atoms with E-state index in [0.29, 0.717) is 49.2 Å². The quantitative estimate of drug-likeness (QED) is 0.124.